The zero-order valence-electron chi connectivity index (χ0n) is 8.60. The third-order valence-electron chi connectivity index (χ3n) is 1.93. The third-order valence-corrected chi connectivity index (χ3v) is 4.32. The molecule has 0 aliphatic rings. The number of benzene rings is 1. The van der Waals surface area contributed by atoms with E-state index in [0.29, 0.717) is 0 Å². The molecule has 1 unspecified atom stereocenters. The fraction of sp³-hybridized carbons (Fsp3) is 0.333. The van der Waals surface area contributed by atoms with Crippen molar-refractivity contribution in [1.29, 1.82) is 0 Å². The fourth-order valence-corrected chi connectivity index (χ4v) is 2.87. The van der Waals surface area contributed by atoms with Crippen LogP contribution in [0.15, 0.2) is 23.1 Å². The number of aliphatic hydroxyl groups is 2. The normalized spacial score (nSPS) is 13.6. The lowest BCUT2D eigenvalue weighted by Crippen LogP contribution is -2.34. The van der Waals surface area contributed by atoms with E-state index >= 15 is 0 Å². The molecule has 1 aromatic rings. The van der Waals surface area contributed by atoms with Gasteiger partial charge in [0.1, 0.15) is 4.90 Å². The van der Waals surface area contributed by atoms with E-state index in [9.17, 15) is 8.42 Å². The van der Waals surface area contributed by atoms with Crippen LogP contribution < -0.4 is 4.72 Å². The number of aliphatic hydroxyl groups excluding tert-OH is 2. The number of nitrogens with one attached hydrogen (secondary N) is 1. The van der Waals surface area contributed by atoms with E-state index in [1.54, 1.807) is 0 Å². The number of rotatable bonds is 5. The SMILES string of the molecule is O=S(=O)(NCC(O)CO)c1cccc(Cl)c1Cl. The molecule has 0 fully saturated rings. The van der Waals surface area contributed by atoms with Gasteiger partial charge in [-0.3, -0.25) is 0 Å². The van der Waals surface area contributed by atoms with Crippen LogP contribution in [-0.2, 0) is 10.0 Å². The topological polar surface area (TPSA) is 86.6 Å². The lowest BCUT2D eigenvalue weighted by molar-refractivity contribution is 0.0988. The van der Waals surface area contributed by atoms with Gasteiger partial charge in [-0.05, 0) is 12.1 Å². The second-order valence-electron chi connectivity index (χ2n) is 3.24. The van der Waals surface area contributed by atoms with Gasteiger partial charge in [-0.1, -0.05) is 29.3 Å². The maximum atomic E-state index is 11.8. The molecule has 17 heavy (non-hydrogen) atoms. The van der Waals surface area contributed by atoms with E-state index in [-0.39, 0.29) is 21.5 Å². The summed E-state index contributed by atoms with van der Waals surface area (Å²) in [4.78, 5) is -0.170. The zero-order valence-corrected chi connectivity index (χ0v) is 10.9. The van der Waals surface area contributed by atoms with E-state index in [1.807, 2.05) is 0 Å². The predicted octanol–water partition coefficient (Wildman–Crippen LogP) is 0.625. The quantitative estimate of drug-likeness (QED) is 0.744. The van der Waals surface area contributed by atoms with Gasteiger partial charge in [0.2, 0.25) is 10.0 Å². The molecule has 1 aromatic carbocycles. The van der Waals surface area contributed by atoms with Crippen LogP contribution in [-0.4, -0.2) is 37.9 Å². The molecule has 5 nitrogen and oxygen atoms in total. The molecule has 0 saturated heterocycles. The van der Waals surface area contributed by atoms with Crippen LogP contribution in [0.5, 0.6) is 0 Å². The summed E-state index contributed by atoms with van der Waals surface area (Å²) in [6.07, 6.45) is -1.16. The highest BCUT2D eigenvalue weighted by Gasteiger charge is 2.20. The molecule has 0 heterocycles. The minimum atomic E-state index is -3.86. The molecule has 1 atom stereocenters. The van der Waals surface area contributed by atoms with Crippen molar-refractivity contribution < 1.29 is 18.6 Å². The van der Waals surface area contributed by atoms with E-state index in [2.05, 4.69) is 4.72 Å². The molecular weight excluding hydrogens is 289 g/mol. The molecule has 3 N–H and O–H groups in total. The van der Waals surface area contributed by atoms with Gasteiger partial charge in [0.25, 0.3) is 0 Å². The highest BCUT2D eigenvalue weighted by atomic mass is 35.5. The Labute approximate surface area is 109 Å². The summed E-state index contributed by atoms with van der Waals surface area (Å²) in [5.74, 6) is 0. The van der Waals surface area contributed by atoms with Crippen LogP contribution in [0, 0.1) is 0 Å². The lowest BCUT2D eigenvalue weighted by Gasteiger charge is -2.11. The average Bonchev–Trinajstić information content (AvgIpc) is 2.29. The molecule has 0 bridgehead atoms. The van der Waals surface area contributed by atoms with E-state index in [1.165, 1.54) is 18.2 Å². The Balaban J connectivity index is 2.94. The number of hydrogen-bond acceptors (Lipinski definition) is 4. The molecule has 8 heteroatoms. The molecule has 0 spiro atoms. The smallest absolute Gasteiger partial charge is 0.242 e. The second kappa shape index (κ2) is 5.99. The Morgan fingerprint density at radius 1 is 1.35 bits per heavy atom. The van der Waals surface area contributed by atoms with Crippen molar-refractivity contribution in [3.05, 3.63) is 28.2 Å². The Morgan fingerprint density at radius 3 is 2.59 bits per heavy atom. The summed E-state index contributed by atoms with van der Waals surface area (Å²) >= 11 is 11.5. The first-order chi connectivity index (χ1) is 7.88. The average molecular weight is 300 g/mol. The maximum absolute atomic E-state index is 11.8. The first-order valence-electron chi connectivity index (χ1n) is 4.61. The van der Waals surface area contributed by atoms with Gasteiger partial charge >= 0.3 is 0 Å². The van der Waals surface area contributed by atoms with Crippen molar-refractivity contribution in [1.82, 2.24) is 4.72 Å². The van der Waals surface area contributed by atoms with Gasteiger partial charge in [0.15, 0.2) is 0 Å². The Bertz CT molecular complexity index is 492. The summed E-state index contributed by atoms with van der Waals surface area (Å²) in [5.41, 5.74) is 0. The van der Waals surface area contributed by atoms with Gasteiger partial charge in [0, 0.05) is 6.54 Å². The molecular formula is C9H11Cl2NO4S. The van der Waals surface area contributed by atoms with Crippen molar-refractivity contribution in [3.63, 3.8) is 0 Å². The van der Waals surface area contributed by atoms with Crippen molar-refractivity contribution in [3.8, 4) is 0 Å². The van der Waals surface area contributed by atoms with Crippen LogP contribution in [0.25, 0.3) is 0 Å². The second-order valence-corrected chi connectivity index (χ2v) is 5.76. The predicted molar refractivity (Wildman–Crippen MR) is 64.7 cm³/mol. The van der Waals surface area contributed by atoms with Crippen LogP contribution in [0.2, 0.25) is 10.0 Å². The summed E-state index contributed by atoms with van der Waals surface area (Å²) in [5, 5.41) is 17.7. The summed E-state index contributed by atoms with van der Waals surface area (Å²) < 4.78 is 25.7. The monoisotopic (exact) mass is 299 g/mol. The van der Waals surface area contributed by atoms with Crippen LogP contribution >= 0.6 is 23.2 Å². The van der Waals surface area contributed by atoms with Gasteiger partial charge in [-0.2, -0.15) is 0 Å². The maximum Gasteiger partial charge on any atom is 0.242 e. The minimum absolute atomic E-state index is 0.0832. The molecule has 0 saturated carbocycles. The highest BCUT2D eigenvalue weighted by Crippen LogP contribution is 2.28. The van der Waals surface area contributed by atoms with E-state index in [4.69, 9.17) is 33.4 Å². The Morgan fingerprint density at radius 2 is 2.00 bits per heavy atom. The van der Waals surface area contributed by atoms with Gasteiger partial charge in [-0.25, -0.2) is 13.1 Å². The molecule has 0 aliphatic carbocycles. The summed E-state index contributed by atoms with van der Waals surface area (Å²) in [7, 11) is -3.86. The van der Waals surface area contributed by atoms with E-state index in [0.717, 1.165) is 0 Å². The largest absolute Gasteiger partial charge is 0.394 e. The first-order valence-corrected chi connectivity index (χ1v) is 6.85. The van der Waals surface area contributed by atoms with Gasteiger partial charge < -0.3 is 10.2 Å². The number of halogens is 2. The number of sulfonamides is 1. The molecule has 0 amide bonds. The van der Waals surface area contributed by atoms with Crippen molar-refractivity contribution in [2.24, 2.45) is 0 Å². The van der Waals surface area contributed by atoms with Crippen molar-refractivity contribution >= 4 is 33.2 Å². The first kappa shape index (κ1) is 14.7. The van der Waals surface area contributed by atoms with Crippen LogP contribution in [0.1, 0.15) is 0 Å². The van der Waals surface area contributed by atoms with Crippen molar-refractivity contribution in [2.45, 2.75) is 11.0 Å². The summed E-state index contributed by atoms with van der Waals surface area (Å²) in [6, 6.07) is 4.21. The molecule has 96 valence electrons. The summed E-state index contributed by atoms with van der Waals surface area (Å²) in [6.45, 7) is -0.840. The highest BCUT2D eigenvalue weighted by molar-refractivity contribution is 7.89. The van der Waals surface area contributed by atoms with Gasteiger partial charge in [-0.15, -0.1) is 0 Å². The van der Waals surface area contributed by atoms with Gasteiger partial charge in [0.05, 0.1) is 22.8 Å². The standard InChI is InChI=1S/C9H11Cl2NO4S/c10-7-2-1-3-8(9(7)11)17(15,16)12-4-6(14)5-13/h1-3,6,12-14H,4-5H2. The molecule has 0 radical (unpaired) electrons. The van der Waals surface area contributed by atoms with Crippen molar-refractivity contribution in [2.75, 3.05) is 13.2 Å². The molecule has 0 aliphatic heterocycles. The van der Waals surface area contributed by atoms with Crippen LogP contribution in [0.4, 0.5) is 0 Å². The van der Waals surface area contributed by atoms with E-state index < -0.39 is 22.7 Å². The fourth-order valence-electron chi connectivity index (χ4n) is 1.04. The lowest BCUT2D eigenvalue weighted by atomic mass is 10.4. The Kier molecular flexibility index (Phi) is 5.18. The number of hydrogen-bond donors (Lipinski definition) is 3. The Hall–Kier alpha value is -0.370. The third kappa shape index (κ3) is 3.80. The molecule has 0 aromatic heterocycles. The minimum Gasteiger partial charge on any atom is -0.394 e. The van der Waals surface area contributed by atoms with Crippen LogP contribution in [0.3, 0.4) is 0 Å². The zero-order chi connectivity index (χ0) is 13.1. The molecule has 1 rings (SSSR count).